The normalized spacial score (nSPS) is 12.2. The summed E-state index contributed by atoms with van der Waals surface area (Å²) in [6.45, 7) is 4.27. The van der Waals surface area contributed by atoms with Crippen LogP contribution in [0.25, 0.3) is 76.0 Å². The molecule has 0 unspecified atom stereocenters. The smallest absolute Gasteiger partial charge is 0.166 e. The molecule has 9 aromatic rings. The van der Waals surface area contributed by atoms with E-state index in [2.05, 4.69) is 145 Å². The fourth-order valence-electron chi connectivity index (χ4n) is 6.83. The molecule has 0 N–H and O–H groups in total. The molecular weight excluding hydrogens is 484 g/mol. The molecule has 0 fully saturated rings. The van der Waals surface area contributed by atoms with E-state index in [1.54, 1.807) is 0 Å². The zero-order chi connectivity index (χ0) is 26.5. The van der Waals surface area contributed by atoms with E-state index in [9.17, 15) is 0 Å². The van der Waals surface area contributed by atoms with Gasteiger partial charge in [0.2, 0.25) is 11.4 Å². The number of nitrogens with zero attached hydrogens (tertiary/aromatic N) is 2. The van der Waals surface area contributed by atoms with Gasteiger partial charge in [0, 0.05) is 56.6 Å². The van der Waals surface area contributed by atoms with E-state index < -0.39 is 0 Å². The molecule has 7 aromatic carbocycles. The number of hydrogen-bond donors (Lipinski definition) is 0. The predicted molar refractivity (Wildman–Crippen MR) is 166 cm³/mol. The third kappa shape index (κ3) is 2.93. The zero-order valence-electron chi connectivity index (χ0n) is 22.4. The maximum Gasteiger partial charge on any atom is 0.210 e. The minimum atomic E-state index is 1.18. The molecule has 0 radical (unpaired) electrons. The molecule has 9 rings (SSSR count). The summed E-state index contributed by atoms with van der Waals surface area (Å²) < 4.78 is 4.51. The van der Waals surface area contributed by atoms with E-state index in [0.717, 1.165) is 0 Å². The molecule has 40 heavy (non-hydrogen) atoms. The average Bonchev–Trinajstić information content (AvgIpc) is 2.99. The quantitative estimate of drug-likeness (QED) is 0.125. The molecule has 186 valence electrons. The monoisotopic (exact) mass is 510 g/mol. The Hall–Kier alpha value is -5.08. The molecule has 2 heteroatoms. The summed E-state index contributed by atoms with van der Waals surface area (Å²) in [5.74, 6) is 0. The predicted octanol–water partition coefficient (Wildman–Crippen LogP) is 8.65. The number of pyridine rings is 2. The van der Waals surface area contributed by atoms with Crippen molar-refractivity contribution in [3.05, 3.63) is 133 Å². The highest BCUT2D eigenvalue weighted by Crippen LogP contribution is 2.44. The highest BCUT2D eigenvalue weighted by molar-refractivity contribution is 6.39. The lowest BCUT2D eigenvalue weighted by atomic mass is 9.86. The highest BCUT2D eigenvalue weighted by Gasteiger charge is 2.21. The third-order valence-electron chi connectivity index (χ3n) is 8.81. The second-order valence-corrected chi connectivity index (χ2v) is 11.3. The molecule has 0 amide bonds. The van der Waals surface area contributed by atoms with Crippen molar-refractivity contribution in [2.75, 3.05) is 0 Å². The molecule has 0 spiro atoms. The van der Waals surface area contributed by atoms with E-state index >= 15 is 0 Å². The Morgan fingerprint density at radius 1 is 0.325 bits per heavy atom. The Morgan fingerprint density at radius 3 is 0.925 bits per heavy atom. The van der Waals surface area contributed by atoms with Crippen molar-refractivity contribution in [2.45, 2.75) is 13.8 Å². The molecule has 2 heterocycles. The summed E-state index contributed by atoms with van der Waals surface area (Å²) in [7, 11) is 0. The van der Waals surface area contributed by atoms with E-state index in [1.165, 1.54) is 87.1 Å². The van der Waals surface area contributed by atoms with E-state index in [4.69, 9.17) is 0 Å². The number of aromatic nitrogens is 2. The van der Waals surface area contributed by atoms with Gasteiger partial charge in [0.15, 0.2) is 24.8 Å². The fraction of sp³-hybridized carbons (Fsp3) is 0.0526. The van der Waals surface area contributed by atoms with Crippen LogP contribution in [0.2, 0.25) is 0 Å². The van der Waals surface area contributed by atoms with E-state index in [1.807, 2.05) is 0 Å². The topological polar surface area (TPSA) is 7.76 Å². The minimum Gasteiger partial charge on any atom is -0.166 e. The number of benzene rings is 7. The fourth-order valence-corrected chi connectivity index (χ4v) is 6.83. The van der Waals surface area contributed by atoms with Crippen LogP contribution in [0.4, 0.5) is 0 Å². The van der Waals surface area contributed by atoms with Gasteiger partial charge in [0.05, 0.1) is 0 Å². The molecule has 2 aromatic heterocycles. The number of rotatable bonds is 2. The van der Waals surface area contributed by atoms with Crippen molar-refractivity contribution in [1.29, 1.82) is 0 Å². The largest absolute Gasteiger partial charge is 0.210 e. The minimum absolute atomic E-state index is 1.18. The standard InChI is InChI=1S/C38H26N2/c1-23-3-11-29(12-4-23)39-19-25-7-15-31-33-17-9-27-21-40(30-13-5-24(2)6-14-30)22-28-10-18-34(38(33)36(27)28)32-16-8-26(20-39)35(25)37(31)32/h3-22H,1-2H3/q+2. The van der Waals surface area contributed by atoms with Crippen molar-refractivity contribution in [2.24, 2.45) is 0 Å². The molecule has 0 aliphatic rings. The van der Waals surface area contributed by atoms with Gasteiger partial charge < -0.3 is 0 Å². The summed E-state index contributed by atoms with van der Waals surface area (Å²) in [4.78, 5) is 0. The van der Waals surface area contributed by atoms with Gasteiger partial charge in [-0.25, -0.2) is 0 Å². The van der Waals surface area contributed by atoms with E-state index in [0.29, 0.717) is 0 Å². The highest BCUT2D eigenvalue weighted by atomic mass is 14.9. The van der Waals surface area contributed by atoms with Crippen LogP contribution < -0.4 is 9.13 Å². The van der Waals surface area contributed by atoms with Gasteiger partial charge in [0.1, 0.15) is 0 Å². The van der Waals surface area contributed by atoms with Gasteiger partial charge in [-0.1, -0.05) is 59.7 Å². The van der Waals surface area contributed by atoms with Gasteiger partial charge in [-0.3, -0.25) is 0 Å². The van der Waals surface area contributed by atoms with Crippen LogP contribution in [0.15, 0.2) is 122 Å². The zero-order valence-corrected chi connectivity index (χ0v) is 22.4. The van der Waals surface area contributed by atoms with Crippen LogP contribution in [0.3, 0.4) is 0 Å². The number of fused-ring (bicyclic) bond motifs is 2. The van der Waals surface area contributed by atoms with E-state index in [-0.39, 0.29) is 0 Å². The van der Waals surface area contributed by atoms with Crippen molar-refractivity contribution < 1.29 is 9.13 Å². The molecule has 0 saturated carbocycles. The third-order valence-corrected chi connectivity index (χ3v) is 8.81. The molecule has 0 bridgehead atoms. The lowest BCUT2D eigenvalue weighted by Crippen LogP contribution is -2.29. The molecule has 0 aliphatic heterocycles. The van der Waals surface area contributed by atoms with Crippen molar-refractivity contribution in [3.63, 3.8) is 0 Å². The first-order valence-electron chi connectivity index (χ1n) is 13.9. The maximum absolute atomic E-state index is 2.34. The van der Waals surface area contributed by atoms with Gasteiger partial charge in [-0.15, -0.1) is 0 Å². The Morgan fingerprint density at radius 2 is 0.625 bits per heavy atom. The second-order valence-electron chi connectivity index (χ2n) is 11.3. The Balaban J connectivity index is 1.35. The van der Waals surface area contributed by atoms with Gasteiger partial charge in [-0.2, -0.15) is 9.13 Å². The molecule has 0 saturated heterocycles. The summed E-state index contributed by atoms with van der Waals surface area (Å²) in [6.07, 6.45) is 9.11. The van der Waals surface area contributed by atoms with Gasteiger partial charge in [-0.05, 0) is 70.4 Å². The van der Waals surface area contributed by atoms with Crippen LogP contribution in [0.1, 0.15) is 11.1 Å². The summed E-state index contributed by atoms with van der Waals surface area (Å²) in [5, 5.41) is 15.8. The van der Waals surface area contributed by atoms with Crippen molar-refractivity contribution in [1.82, 2.24) is 0 Å². The second kappa shape index (κ2) is 7.74. The van der Waals surface area contributed by atoms with Crippen LogP contribution >= 0.6 is 0 Å². The first-order chi connectivity index (χ1) is 19.6. The first kappa shape index (κ1) is 21.8. The van der Waals surface area contributed by atoms with Gasteiger partial charge >= 0.3 is 0 Å². The van der Waals surface area contributed by atoms with Gasteiger partial charge in [0.25, 0.3) is 0 Å². The van der Waals surface area contributed by atoms with Crippen LogP contribution in [0, 0.1) is 13.8 Å². The Kier molecular flexibility index (Phi) is 4.22. The first-order valence-corrected chi connectivity index (χ1v) is 13.9. The van der Waals surface area contributed by atoms with Crippen molar-refractivity contribution in [3.8, 4) is 11.4 Å². The Labute approximate surface area is 231 Å². The molecular formula is C38H26N2+2. The Bertz CT molecular complexity index is 2130. The molecule has 0 aliphatic carbocycles. The maximum atomic E-state index is 2.34. The SMILES string of the molecule is Cc1ccc(-[n+]2cc3ccc4c5ccc6c[n+](-c7ccc(C)cc7)cc7ccc(c8ccc(c2)c3c48)c5c67)cc1. The summed E-state index contributed by atoms with van der Waals surface area (Å²) in [6, 6.07) is 36.0. The average molecular weight is 511 g/mol. The summed E-state index contributed by atoms with van der Waals surface area (Å²) >= 11 is 0. The van der Waals surface area contributed by atoms with Crippen molar-refractivity contribution >= 4 is 64.6 Å². The van der Waals surface area contributed by atoms with Crippen LogP contribution in [-0.2, 0) is 0 Å². The summed E-state index contributed by atoms with van der Waals surface area (Å²) in [5.41, 5.74) is 4.91. The van der Waals surface area contributed by atoms with Crippen LogP contribution in [-0.4, -0.2) is 0 Å². The number of aryl methyl sites for hydroxylation is 2. The lowest BCUT2D eigenvalue weighted by molar-refractivity contribution is -0.593. The number of hydrogen-bond acceptors (Lipinski definition) is 0. The lowest BCUT2D eigenvalue weighted by Gasteiger charge is -2.17. The molecule has 0 atom stereocenters. The van der Waals surface area contributed by atoms with Crippen LogP contribution in [0.5, 0.6) is 0 Å². The molecule has 2 nitrogen and oxygen atoms in total.